The standard InChI is InChI=1S/C11H11NO3/c1-15-9-5-4-8(3-2-6-13)10(7-9)11(12)14/h4-5,7,13H,6H2,1H3,(H2,12,14). The molecule has 0 aliphatic carbocycles. The average Bonchev–Trinajstić information content (AvgIpc) is 2.26. The molecule has 0 heterocycles. The third-order valence-corrected chi connectivity index (χ3v) is 1.79. The molecule has 0 unspecified atom stereocenters. The Kier molecular flexibility index (Phi) is 3.72. The molecule has 1 rings (SSSR count). The van der Waals surface area contributed by atoms with Crippen molar-refractivity contribution in [1.82, 2.24) is 0 Å². The highest BCUT2D eigenvalue weighted by molar-refractivity contribution is 5.95. The van der Waals surface area contributed by atoms with E-state index in [4.69, 9.17) is 15.6 Å². The van der Waals surface area contributed by atoms with E-state index in [0.29, 0.717) is 11.3 Å². The van der Waals surface area contributed by atoms with Gasteiger partial charge < -0.3 is 15.6 Å². The minimum Gasteiger partial charge on any atom is -0.497 e. The van der Waals surface area contributed by atoms with E-state index in [1.807, 2.05) is 0 Å². The van der Waals surface area contributed by atoms with Crippen LogP contribution in [0.3, 0.4) is 0 Å². The Balaban J connectivity index is 3.21. The summed E-state index contributed by atoms with van der Waals surface area (Å²) in [6.07, 6.45) is 0. The second-order valence-corrected chi connectivity index (χ2v) is 2.74. The molecule has 1 amide bonds. The lowest BCUT2D eigenvalue weighted by Crippen LogP contribution is -2.13. The summed E-state index contributed by atoms with van der Waals surface area (Å²) in [5.41, 5.74) is 5.96. The van der Waals surface area contributed by atoms with Crippen LogP contribution in [0, 0.1) is 11.8 Å². The fourth-order valence-corrected chi connectivity index (χ4v) is 1.10. The number of hydrogen-bond donors (Lipinski definition) is 2. The van der Waals surface area contributed by atoms with Crippen molar-refractivity contribution in [1.29, 1.82) is 0 Å². The summed E-state index contributed by atoms with van der Waals surface area (Å²) < 4.78 is 4.96. The number of amides is 1. The van der Waals surface area contributed by atoms with Crippen LogP contribution in [0.1, 0.15) is 15.9 Å². The summed E-state index contributed by atoms with van der Waals surface area (Å²) in [6.45, 7) is -0.260. The summed E-state index contributed by atoms with van der Waals surface area (Å²) >= 11 is 0. The molecule has 0 radical (unpaired) electrons. The molecule has 78 valence electrons. The first-order valence-electron chi connectivity index (χ1n) is 4.26. The van der Waals surface area contributed by atoms with Gasteiger partial charge in [0.05, 0.1) is 12.7 Å². The Bertz CT molecular complexity index is 429. The summed E-state index contributed by atoms with van der Waals surface area (Å²) in [7, 11) is 1.50. The van der Waals surface area contributed by atoms with Gasteiger partial charge in [-0.3, -0.25) is 4.79 Å². The average molecular weight is 205 g/mol. The number of methoxy groups -OCH3 is 1. The molecule has 0 saturated carbocycles. The van der Waals surface area contributed by atoms with Crippen molar-refractivity contribution in [2.24, 2.45) is 5.73 Å². The van der Waals surface area contributed by atoms with Crippen LogP contribution < -0.4 is 10.5 Å². The summed E-state index contributed by atoms with van der Waals surface area (Å²) in [5.74, 6) is 5.06. The predicted octanol–water partition coefficient (Wildman–Crippen LogP) is 0.138. The molecule has 0 atom stereocenters. The Morgan fingerprint density at radius 3 is 2.87 bits per heavy atom. The van der Waals surface area contributed by atoms with E-state index in [0.717, 1.165) is 0 Å². The van der Waals surface area contributed by atoms with Gasteiger partial charge in [-0.15, -0.1) is 0 Å². The second kappa shape index (κ2) is 5.03. The highest BCUT2D eigenvalue weighted by Gasteiger charge is 2.07. The SMILES string of the molecule is COc1ccc(C#CCO)c(C(N)=O)c1. The molecular formula is C11H11NO3. The zero-order chi connectivity index (χ0) is 11.3. The van der Waals surface area contributed by atoms with Crippen LogP contribution >= 0.6 is 0 Å². The lowest BCUT2D eigenvalue weighted by molar-refractivity contribution is 0.0999. The van der Waals surface area contributed by atoms with Gasteiger partial charge in [0.2, 0.25) is 5.91 Å². The predicted molar refractivity (Wildman–Crippen MR) is 55.5 cm³/mol. The second-order valence-electron chi connectivity index (χ2n) is 2.74. The molecule has 0 aliphatic rings. The van der Waals surface area contributed by atoms with Gasteiger partial charge in [-0.1, -0.05) is 11.8 Å². The molecule has 0 bridgehead atoms. The van der Waals surface area contributed by atoms with Crippen molar-refractivity contribution in [2.45, 2.75) is 0 Å². The van der Waals surface area contributed by atoms with E-state index < -0.39 is 5.91 Å². The topological polar surface area (TPSA) is 72.6 Å². The van der Waals surface area contributed by atoms with E-state index in [-0.39, 0.29) is 12.2 Å². The van der Waals surface area contributed by atoms with Crippen LogP contribution in [0.4, 0.5) is 0 Å². The number of aliphatic hydroxyl groups excluding tert-OH is 1. The molecule has 0 aromatic heterocycles. The minimum absolute atomic E-state index is 0.260. The lowest BCUT2D eigenvalue weighted by Gasteiger charge is -2.03. The van der Waals surface area contributed by atoms with E-state index in [9.17, 15) is 4.79 Å². The number of rotatable bonds is 2. The molecule has 4 heteroatoms. The normalized spacial score (nSPS) is 8.93. The molecule has 1 aromatic carbocycles. The number of carbonyl (C=O) groups is 1. The van der Waals surface area contributed by atoms with Gasteiger partial charge in [0, 0.05) is 5.56 Å². The van der Waals surface area contributed by atoms with E-state index in [1.165, 1.54) is 13.2 Å². The number of benzene rings is 1. The number of primary amides is 1. The van der Waals surface area contributed by atoms with Crippen LogP contribution in [-0.4, -0.2) is 24.7 Å². The first-order valence-corrected chi connectivity index (χ1v) is 4.26. The zero-order valence-corrected chi connectivity index (χ0v) is 8.28. The number of hydrogen-bond acceptors (Lipinski definition) is 3. The molecule has 4 nitrogen and oxygen atoms in total. The summed E-state index contributed by atoms with van der Waals surface area (Å²) in [4.78, 5) is 11.1. The zero-order valence-electron chi connectivity index (χ0n) is 8.28. The van der Waals surface area contributed by atoms with Gasteiger partial charge in [-0.05, 0) is 18.2 Å². The third-order valence-electron chi connectivity index (χ3n) is 1.79. The highest BCUT2D eigenvalue weighted by atomic mass is 16.5. The molecule has 15 heavy (non-hydrogen) atoms. The Hall–Kier alpha value is -1.99. The van der Waals surface area contributed by atoms with Crippen molar-refractivity contribution < 1.29 is 14.6 Å². The minimum atomic E-state index is -0.573. The molecule has 0 aliphatic heterocycles. The smallest absolute Gasteiger partial charge is 0.250 e. The van der Waals surface area contributed by atoms with Crippen molar-refractivity contribution in [3.8, 4) is 17.6 Å². The van der Waals surface area contributed by atoms with Gasteiger partial charge in [-0.25, -0.2) is 0 Å². The Morgan fingerprint density at radius 1 is 1.60 bits per heavy atom. The third kappa shape index (κ3) is 2.73. The first-order chi connectivity index (χ1) is 7.19. The van der Waals surface area contributed by atoms with Crippen molar-refractivity contribution in [3.63, 3.8) is 0 Å². The maximum Gasteiger partial charge on any atom is 0.250 e. The number of carbonyl (C=O) groups excluding carboxylic acids is 1. The van der Waals surface area contributed by atoms with Crippen LogP contribution in [0.2, 0.25) is 0 Å². The van der Waals surface area contributed by atoms with Gasteiger partial charge in [0.1, 0.15) is 12.4 Å². The van der Waals surface area contributed by atoms with Gasteiger partial charge in [-0.2, -0.15) is 0 Å². The van der Waals surface area contributed by atoms with Crippen LogP contribution in [-0.2, 0) is 0 Å². The van der Waals surface area contributed by atoms with E-state index >= 15 is 0 Å². The summed E-state index contributed by atoms with van der Waals surface area (Å²) in [5, 5.41) is 8.54. The number of nitrogens with two attached hydrogens (primary N) is 1. The van der Waals surface area contributed by atoms with E-state index in [1.54, 1.807) is 12.1 Å². The quantitative estimate of drug-likeness (QED) is 0.674. The monoisotopic (exact) mass is 205 g/mol. The molecule has 0 spiro atoms. The van der Waals surface area contributed by atoms with Crippen molar-refractivity contribution in [2.75, 3.05) is 13.7 Å². The summed E-state index contributed by atoms with van der Waals surface area (Å²) in [6, 6.07) is 4.82. The fourth-order valence-electron chi connectivity index (χ4n) is 1.10. The maximum absolute atomic E-state index is 11.1. The Labute approximate surface area is 87.7 Å². The van der Waals surface area contributed by atoms with E-state index in [2.05, 4.69) is 11.8 Å². The fraction of sp³-hybridized carbons (Fsp3) is 0.182. The molecular weight excluding hydrogens is 194 g/mol. The molecule has 3 N–H and O–H groups in total. The van der Waals surface area contributed by atoms with Crippen LogP contribution in [0.5, 0.6) is 5.75 Å². The van der Waals surface area contributed by atoms with Gasteiger partial charge in [0.15, 0.2) is 0 Å². The molecule has 0 saturated heterocycles. The van der Waals surface area contributed by atoms with Gasteiger partial charge >= 0.3 is 0 Å². The first kappa shape index (κ1) is 11.1. The Morgan fingerprint density at radius 2 is 2.33 bits per heavy atom. The number of aliphatic hydroxyl groups is 1. The maximum atomic E-state index is 11.1. The molecule has 0 fully saturated rings. The highest BCUT2D eigenvalue weighted by Crippen LogP contribution is 2.16. The lowest BCUT2D eigenvalue weighted by atomic mass is 10.1. The van der Waals surface area contributed by atoms with Crippen LogP contribution in [0.15, 0.2) is 18.2 Å². The molecule has 1 aromatic rings. The van der Waals surface area contributed by atoms with Crippen LogP contribution in [0.25, 0.3) is 0 Å². The van der Waals surface area contributed by atoms with Crippen molar-refractivity contribution >= 4 is 5.91 Å². The number of ether oxygens (including phenoxy) is 1. The van der Waals surface area contributed by atoms with Crippen molar-refractivity contribution in [3.05, 3.63) is 29.3 Å². The largest absolute Gasteiger partial charge is 0.497 e. The van der Waals surface area contributed by atoms with Gasteiger partial charge in [0.25, 0.3) is 0 Å².